The van der Waals surface area contributed by atoms with E-state index in [0.717, 1.165) is 29.3 Å². The van der Waals surface area contributed by atoms with Crippen LogP contribution in [0.5, 0.6) is 0 Å². The fraction of sp³-hybridized carbons (Fsp3) is 0.467. The van der Waals surface area contributed by atoms with E-state index in [1.54, 1.807) is 0 Å². The molecule has 0 aliphatic rings. The molecule has 2 rings (SSSR count). The number of carbonyl (C=O) groups excluding carboxylic acids is 1. The highest BCUT2D eigenvalue weighted by molar-refractivity contribution is 7.99. The molecule has 0 radical (unpaired) electrons. The summed E-state index contributed by atoms with van der Waals surface area (Å²) in [5.41, 5.74) is 1.77. The summed E-state index contributed by atoms with van der Waals surface area (Å²) in [7, 11) is 0. The first-order chi connectivity index (χ1) is 10.8. The number of carbonyl (C=O) groups is 1. The number of alkyl halides is 3. The predicted molar refractivity (Wildman–Crippen MR) is 84.4 cm³/mol. The molecule has 1 aromatic heterocycles. The van der Waals surface area contributed by atoms with E-state index in [0.29, 0.717) is 11.1 Å². The molecule has 1 heterocycles. The molecular formula is C15H18F3N3OS. The molecule has 0 spiro atoms. The minimum absolute atomic E-state index is 0.0997. The molecule has 126 valence electrons. The van der Waals surface area contributed by atoms with Gasteiger partial charge in [-0.15, -0.1) is 0 Å². The van der Waals surface area contributed by atoms with Gasteiger partial charge in [0.25, 0.3) is 0 Å². The summed E-state index contributed by atoms with van der Waals surface area (Å²) in [5, 5.41) is 2.51. The Bertz CT molecular complexity index is 682. The number of aromatic nitrogens is 2. The molecule has 0 unspecified atom stereocenters. The van der Waals surface area contributed by atoms with Gasteiger partial charge in [0.15, 0.2) is 5.16 Å². The number of hydrogen-bond donors (Lipinski definition) is 1. The standard InChI is InChI=1S/C15H18F3N3OS/c1-10(2)7-21-12-6-4-3-5-11(12)20-14(21)23-8-13(22)19-9-15(16,17)18/h3-6,10H,7-9H2,1-2H3,(H,19,22). The zero-order valence-electron chi connectivity index (χ0n) is 12.9. The molecular weight excluding hydrogens is 327 g/mol. The Balaban J connectivity index is 2.08. The van der Waals surface area contributed by atoms with E-state index in [1.807, 2.05) is 34.1 Å². The van der Waals surface area contributed by atoms with Crippen molar-refractivity contribution in [1.29, 1.82) is 0 Å². The Morgan fingerprint density at radius 3 is 2.70 bits per heavy atom. The van der Waals surface area contributed by atoms with Crippen LogP contribution in [0.2, 0.25) is 0 Å². The van der Waals surface area contributed by atoms with Crippen molar-refractivity contribution in [2.45, 2.75) is 31.7 Å². The van der Waals surface area contributed by atoms with Crippen LogP contribution in [0, 0.1) is 5.92 Å². The second kappa shape index (κ2) is 7.25. The molecule has 0 saturated heterocycles. The average Bonchev–Trinajstić information content (AvgIpc) is 2.80. The van der Waals surface area contributed by atoms with Gasteiger partial charge in [0.2, 0.25) is 5.91 Å². The number of halogens is 3. The SMILES string of the molecule is CC(C)Cn1c(SCC(=O)NCC(F)(F)F)nc2ccccc21. The van der Waals surface area contributed by atoms with Crippen molar-refractivity contribution >= 4 is 28.7 Å². The fourth-order valence-electron chi connectivity index (χ4n) is 2.09. The van der Waals surface area contributed by atoms with E-state index in [9.17, 15) is 18.0 Å². The van der Waals surface area contributed by atoms with Gasteiger partial charge in [-0.05, 0) is 18.1 Å². The number of imidazole rings is 1. The Labute approximate surface area is 136 Å². The summed E-state index contributed by atoms with van der Waals surface area (Å²) in [6.07, 6.45) is -4.40. The average molecular weight is 345 g/mol. The lowest BCUT2D eigenvalue weighted by Gasteiger charge is -2.11. The maximum Gasteiger partial charge on any atom is 0.405 e. The van der Waals surface area contributed by atoms with Crippen LogP contribution in [0.15, 0.2) is 29.4 Å². The van der Waals surface area contributed by atoms with Crippen molar-refractivity contribution in [3.8, 4) is 0 Å². The molecule has 1 N–H and O–H groups in total. The summed E-state index contributed by atoms with van der Waals surface area (Å²) < 4.78 is 38.3. The Morgan fingerprint density at radius 1 is 1.35 bits per heavy atom. The number of hydrogen-bond acceptors (Lipinski definition) is 3. The highest BCUT2D eigenvalue weighted by Crippen LogP contribution is 2.25. The second-order valence-corrected chi connectivity index (χ2v) is 6.51. The number of rotatable bonds is 6. The van der Waals surface area contributed by atoms with Crippen LogP contribution < -0.4 is 5.32 Å². The zero-order chi connectivity index (χ0) is 17.0. The first kappa shape index (κ1) is 17.7. The van der Waals surface area contributed by atoms with Gasteiger partial charge in [-0.25, -0.2) is 4.98 Å². The summed E-state index contributed by atoms with van der Waals surface area (Å²) in [6, 6.07) is 7.60. The molecule has 8 heteroatoms. The van der Waals surface area contributed by atoms with Crippen LogP contribution in [0.4, 0.5) is 13.2 Å². The molecule has 0 aliphatic heterocycles. The quantitative estimate of drug-likeness (QED) is 0.816. The third-order valence-electron chi connectivity index (χ3n) is 2.99. The summed E-state index contributed by atoms with van der Waals surface area (Å²) in [6.45, 7) is 3.56. The van der Waals surface area contributed by atoms with Crippen molar-refractivity contribution in [2.24, 2.45) is 5.92 Å². The summed E-state index contributed by atoms with van der Waals surface area (Å²) in [5.74, 6) is -0.376. The molecule has 4 nitrogen and oxygen atoms in total. The number of nitrogens with one attached hydrogen (secondary N) is 1. The van der Waals surface area contributed by atoms with Gasteiger partial charge in [-0.1, -0.05) is 37.7 Å². The molecule has 0 saturated carbocycles. The van der Waals surface area contributed by atoms with Crippen LogP contribution in [0.3, 0.4) is 0 Å². The van der Waals surface area contributed by atoms with Gasteiger partial charge in [0.05, 0.1) is 16.8 Å². The van der Waals surface area contributed by atoms with Crippen LogP contribution in [-0.4, -0.2) is 33.9 Å². The predicted octanol–water partition coefficient (Wildman–Crippen LogP) is 3.46. The number of thioether (sulfide) groups is 1. The van der Waals surface area contributed by atoms with Gasteiger partial charge in [-0.2, -0.15) is 13.2 Å². The maximum atomic E-state index is 12.1. The number of para-hydroxylation sites is 2. The fourth-order valence-corrected chi connectivity index (χ4v) is 2.94. The van der Waals surface area contributed by atoms with E-state index in [1.165, 1.54) is 0 Å². The molecule has 0 fully saturated rings. The Kier molecular flexibility index (Phi) is 5.56. The van der Waals surface area contributed by atoms with Crippen molar-refractivity contribution in [3.63, 3.8) is 0 Å². The summed E-state index contributed by atoms with van der Waals surface area (Å²) in [4.78, 5) is 16.0. The molecule has 0 atom stereocenters. The first-order valence-electron chi connectivity index (χ1n) is 7.18. The third-order valence-corrected chi connectivity index (χ3v) is 3.96. The van der Waals surface area contributed by atoms with Gasteiger partial charge in [-0.3, -0.25) is 4.79 Å². The maximum absolute atomic E-state index is 12.1. The smallest absolute Gasteiger partial charge is 0.346 e. The Hall–Kier alpha value is -1.70. The minimum Gasteiger partial charge on any atom is -0.346 e. The Morgan fingerprint density at radius 2 is 2.04 bits per heavy atom. The molecule has 1 aromatic carbocycles. The molecule has 0 bridgehead atoms. The number of nitrogens with zero attached hydrogens (tertiary/aromatic N) is 2. The molecule has 23 heavy (non-hydrogen) atoms. The highest BCUT2D eigenvalue weighted by Gasteiger charge is 2.27. The van der Waals surface area contributed by atoms with E-state index in [4.69, 9.17) is 0 Å². The van der Waals surface area contributed by atoms with Crippen LogP contribution in [-0.2, 0) is 11.3 Å². The largest absolute Gasteiger partial charge is 0.405 e. The normalized spacial score (nSPS) is 12.1. The lowest BCUT2D eigenvalue weighted by atomic mass is 10.2. The van der Waals surface area contributed by atoms with Gasteiger partial charge in [0, 0.05) is 6.54 Å². The number of benzene rings is 1. The number of amides is 1. The first-order valence-corrected chi connectivity index (χ1v) is 8.16. The lowest BCUT2D eigenvalue weighted by molar-refractivity contribution is -0.136. The molecule has 2 aromatic rings. The van der Waals surface area contributed by atoms with Crippen molar-refractivity contribution in [3.05, 3.63) is 24.3 Å². The van der Waals surface area contributed by atoms with Crippen molar-refractivity contribution in [2.75, 3.05) is 12.3 Å². The lowest BCUT2D eigenvalue weighted by Crippen LogP contribution is -2.34. The van der Waals surface area contributed by atoms with Crippen LogP contribution >= 0.6 is 11.8 Å². The summed E-state index contributed by atoms with van der Waals surface area (Å²) >= 11 is 1.15. The minimum atomic E-state index is -4.40. The number of fused-ring (bicyclic) bond motifs is 1. The monoisotopic (exact) mass is 345 g/mol. The van der Waals surface area contributed by atoms with Gasteiger partial charge < -0.3 is 9.88 Å². The van der Waals surface area contributed by atoms with Crippen molar-refractivity contribution in [1.82, 2.24) is 14.9 Å². The highest BCUT2D eigenvalue weighted by atomic mass is 32.2. The second-order valence-electron chi connectivity index (χ2n) is 5.57. The van der Waals surface area contributed by atoms with E-state index in [-0.39, 0.29) is 5.75 Å². The third kappa shape index (κ3) is 5.16. The van der Waals surface area contributed by atoms with E-state index in [2.05, 4.69) is 18.8 Å². The molecule has 0 aliphatic carbocycles. The van der Waals surface area contributed by atoms with Gasteiger partial charge in [0.1, 0.15) is 6.54 Å². The molecule has 1 amide bonds. The topological polar surface area (TPSA) is 46.9 Å². The van der Waals surface area contributed by atoms with Gasteiger partial charge >= 0.3 is 6.18 Å². The van der Waals surface area contributed by atoms with Crippen LogP contribution in [0.1, 0.15) is 13.8 Å². The zero-order valence-corrected chi connectivity index (χ0v) is 13.7. The van der Waals surface area contributed by atoms with E-state index >= 15 is 0 Å². The van der Waals surface area contributed by atoms with Crippen molar-refractivity contribution < 1.29 is 18.0 Å². The van der Waals surface area contributed by atoms with E-state index < -0.39 is 18.6 Å². The van der Waals surface area contributed by atoms with Crippen LogP contribution in [0.25, 0.3) is 11.0 Å².